The van der Waals surface area contributed by atoms with Crippen LogP contribution in [0.25, 0.3) is 0 Å². The third-order valence-corrected chi connectivity index (χ3v) is 2.91. The second kappa shape index (κ2) is 6.31. The molecule has 0 atom stereocenters. The number of rotatable bonds is 3. The predicted molar refractivity (Wildman–Crippen MR) is 85.8 cm³/mol. The van der Waals surface area contributed by atoms with E-state index in [-0.39, 0.29) is 17.0 Å². The van der Waals surface area contributed by atoms with E-state index in [0.29, 0.717) is 4.99 Å². The van der Waals surface area contributed by atoms with Crippen LogP contribution in [0.1, 0.15) is 46.6 Å². The molecule has 1 rings (SSSR count). The Balaban J connectivity index is 2.58. The third kappa shape index (κ3) is 6.10. The normalized spacial score (nSPS) is 11.8. The SMILES string of the molecule is CC(C)(C)CC(C)(C)NC(=O)NC(=S)c1cccnc1. The maximum Gasteiger partial charge on any atom is 0.320 e. The van der Waals surface area contributed by atoms with Crippen LogP contribution in [0, 0.1) is 5.41 Å². The standard InChI is InChI=1S/C15H23N3OS/c1-14(2,3)10-15(4,5)18-13(19)17-12(20)11-7-6-8-16-9-11/h6-9H,10H2,1-5H3,(H2,17,18,19,20). The Bertz CT molecular complexity index is 478. The Morgan fingerprint density at radius 2 is 1.95 bits per heavy atom. The average molecular weight is 293 g/mol. The topological polar surface area (TPSA) is 54.0 Å². The summed E-state index contributed by atoms with van der Waals surface area (Å²) in [5.41, 5.74) is 0.569. The Kier molecular flexibility index (Phi) is 5.22. The molecule has 0 aliphatic rings. The lowest BCUT2D eigenvalue weighted by molar-refractivity contribution is 0.214. The molecule has 2 N–H and O–H groups in total. The number of aromatic nitrogens is 1. The number of carbonyl (C=O) groups excluding carboxylic acids is 1. The van der Waals surface area contributed by atoms with Gasteiger partial charge in [-0.2, -0.15) is 0 Å². The van der Waals surface area contributed by atoms with Gasteiger partial charge < -0.3 is 5.32 Å². The van der Waals surface area contributed by atoms with Crippen molar-refractivity contribution in [2.24, 2.45) is 5.41 Å². The second-order valence-corrected chi connectivity index (χ2v) is 7.18. The van der Waals surface area contributed by atoms with Gasteiger partial charge >= 0.3 is 6.03 Å². The van der Waals surface area contributed by atoms with E-state index in [0.717, 1.165) is 12.0 Å². The zero-order chi connectivity index (χ0) is 15.4. The maximum absolute atomic E-state index is 12.0. The van der Waals surface area contributed by atoms with Crippen molar-refractivity contribution in [3.8, 4) is 0 Å². The van der Waals surface area contributed by atoms with Crippen LogP contribution >= 0.6 is 12.2 Å². The molecule has 0 aliphatic carbocycles. The summed E-state index contributed by atoms with van der Waals surface area (Å²) in [5, 5.41) is 5.63. The lowest BCUT2D eigenvalue weighted by Gasteiger charge is -2.33. The van der Waals surface area contributed by atoms with Gasteiger partial charge in [0, 0.05) is 23.5 Å². The zero-order valence-electron chi connectivity index (χ0n) is 12.8. The van der Waals surface area contributed by atoms with Crippen LogP contribution in [0.5, 0.6) is 0 Å². The first-order valence-corrected chi connectivity index (χ1v) is 7.03. The number of nitrogens with zero attached hydrogens (tertiary/aromatic N) is 1. The molecule has 0 aromatic carbocycles. The van der Waals surface area contributed by atoms with E-state index < -0.39 is 0 Å². The first kappa shape index (κ1) is 16.6. The minimum absolute atomic E-state index is 0.140. The minimum atomic E-state index is -0.299. The summed E-state index contributed by atoms with van der Waals surface area (Å²) in [5.74, 6) is 0. The Labute approximate surface area is 126 Å². The fourth-order valence-corrected chi connectivity index (χ4v) is 2.59. The minimum Gasteiger partial charge on any atom is -0.333 e. The van der Waals surface area contributed by atoms with E-state index in [2.05, 4.69) is 36.4 Å². The molecule has 1 aromatic heterocycles. The van der Waals surface area contributed by atoms with Crippen molar-refractivity contribution < 1.29 is 4.79 Å². The van der Waals surface area contributed by atoms with Crippen molar-refractivity contribution in [1.82, 2.24) is 15.6 Å². The van der Waals surface area contributed by atoms with E-state index in [1.54, 1.807) is 18.5 Å². The van der Waals surface area contributed by atoms with E-state index in [1.165, 1.54) is 0 Å². The number of hydrogen-bond acceptors (Lipinski definition) is 3. The fourth-order valence-electron chi connectivity index (χ4n) is 2.38. The van der Waals surface area contributed by atoms with Crippen molar-refractivity contribution in [2.75, 3.05) is 0 Å². The third-order valence-electron chi connectivity index (χ3n) is 2.57. The highest BCUT2D eigenvalue weighted by molar-refractivity contribution is 7.80. The number of urea groups is 1. The van der Waals surface area contributed by atoms with E-state index in [4.69, 9.17) is 12.2 Å². The number of carbonyl (C=O) groups is 1. The smallest absolute Gasteiger partial charge is 0.320 e. The van der Waals surface area contributed by atoms with Crippen LogP contribution in [-0.4, -0.2) is 21.5 Å². The van der Waals surface area contributed by atoms with Crippen LogP contribution in [0.2, 0.25) is 0 Å². The van der Waals surface area contributed by atoms with Gasteiger partial charge in [-0.25, -0.2) is 4.79 Å². The lowest BCUT2D eigenvalue weighted by atomic mass is 9.82. The molecule has 1 aromatic rings. The summed E-state index contributed by atoms with van der Waals surface area (Å²) in [4.78, 5) is 16.4. The molecule has 0 unspecified atom stereocenters. The van der Waals surface area contributed by atoms with E-state index >= 15 is 0 Å². The molecule has 0 saturated carbocycles. The molecule has 5 heteroatoms. The summed E-state index contributed by atoms with van der Waals surface area (Å²) >= 11 is 5.18. The van der Waals surface area contributed by atoms with Gasteiger partial charge in [0.15, 0.2) is 0 Å². The molecule has 0 saturated heterocycles. The number of thiocarbonyl (C=S) groups is 1. The van der Waals surface area contributed by atoms with Crippen LogP contribution in [0.3, 0.4) is 0 Å². The summed E-state index contributed by atoms with van der Waals surface area (Å²) in [6.45, 7) is 10.5. The molecule has 0 spiro atoms. The number of pyridine rings is 1. The summed E-state index contributed by atoms with van der Waals surface area (Å²) < 4.78 is 0. The van der Waals surface area contributed by atoms with Crippen LogP contribution in [0.15, 0.2) is 24.5 Å². The number of amides is 2. The maximum atomic E-state index is 12.0. The molecular weight excluding hydrogens is 270 g/mol. The van der Waals surface area contributed by atoms with Crippen molar-refractivity contribution in [1.29, 1.82) is 0 Å². The van der Waals surface area contributed by atoms with Crippen molar-refractivity contribution in [3.05, 3.63) is 30.1 Å². The Morgan fingerprint density at radius 1 is 1.30 bits per heavy atom. The molecule has 0 fully saturated rings. The van der Waals surface area contributed by atoms with Crippen LogP contribution in [-0.2, 0) is 0 Å². The quantitative estimate of drug-likeness (QED) is 0.841. The van der Waals surface area contributed by atoms with Crippen molar-refractivity contribution in [2.45, 2.75) is 46.6 Å². The summed E-state index contributed by atoms with van der Waals surface area (Å²) in [6.07, 6.45) is 4.16. The molecule has 110 valence electrons. The van der Waals surface area contributed by atoms with E-state index in [9.17, 15) is 4.79 Å². The monoisotopic (exact) mass is 293 g/mol. The molecule has 0 bridgehead atoms. The van der Waals surface area contributed by atoms with Gasteiger partial charge in [-0.1, -0.05) is 33.0 Å². The number of nitrogens with one attached hydrogen (secondary N) is 2. The van der Waals surface area contributed by atoms with Gasteiger partial charge in [0.1, 0.15) is 4.99 Å². The fraction of sp³-hybridized carbons (Fsp3) is 0.533. The highest BCUT2D eigenvalue weighted by Gasteiger charge is 2.27. The summed E-state index contributed by atoms with van der Waals surface area (Å²) in [6, 6.07) is 3.31. The van der Waals surface area contributed by atoms with Gasteiger partial charge in [-0.15, -0.1) is 0 Å². The molecule has 20 heavy (non-hydrogen) atoms. The van der Waals surface area contributed by atoms with E-state index in [1.807, 2.05) is 19.9 Å². The number of hydrogen-bond donors (Lipinski definition) is 2. The first-order valence-electron chi connectivity index (χ1n) is 6.63. The highest BCUT2D eigenvalue weighted by atomic mass is 32.1. The van der Waals surface area contributed by atoms with Crippen LogP contribution < -0.4 is 10.6 Å². The Hall–Kier alpha value is -1.49. The Morgan fingerprint density at radius 3 is 2.45 bits per heavy atom. The molecular formula is C15H23N3OS. The van der Waals surface area contributed by atoms with Gasteiger partial charge in [-0.05, 0) is 37.8 Å². The largest absolute Gasteiger partial charge is 0.333 e. The average Bonchev–Trinajstić information content (AvgIpc) is 2.25. The van der Waals surface area contributed by atoms with Gasteiger partial charge in [0.25, 0.3) is 0 Å². The highest BCUT2D eigenvalue weighted by Crippen LogP contribution is 2.26. The zero-order valence-corrected chi connectivity index (χ0v) is 13.6. The molecule has 0 aliphatic heterocycles. The molecule has 1 heterocycles. The first-order chi connectivity index (χ1) is 9.09. The van der Waals surface area contributed by atoms with Gasteiger partial charge in [-0.3, -0.25) is 10.3 Å². The van der Waals surface area contributed by atoms with Crippen molar-refractivity contribution in [3.63, 3.8) is 0 Å². The molecule has 4 nitrogen and oxygen atoms in total. The summed E-state index contributed by atoms with van der Waals surface area (Å²) in [7, 11) is 0. The predicted octanol–water partition coefficient (Wildman–Crippen LogP) is 3.27. The van der Waals surface area contributed by atoms with Crippen LogP contribution in [0.4, 0.5) is 4.79 Å². The van der Waals surface area contributed by atoms with Gasteiger partial charge in [0.2, 0.25) is 0 Å². The lowest BCUT2D eigenvalue weighted by Crippen LogP contribution is -2.51. The van der Waals surface area contributed by atoms with Crippen molar-refractivity contribution >= 4 is 23.2 Å². The molecule has 0 radical (unpaired) electrons. The van der Waals surface area contributed by atoms with Gasteiger partial charge in [0.05, 0.1) is 0 Å². The molecule has 2 amide bonds. The second-order valence-electron chi connectivity index (χ2n) is 6.77.